The molecule has 2 aromatic carbocycles. The smallest absolute Gasteiger partial charge is 0.338 e. The van der Waals surface area contributed by atoms with Crippen LogP contribution in [0.4, 0.5) is 4.79 Å². The molecule has 0 bridgehead atoms. The predicted molar refractivity (Wildman–Crippen MR) is 106 cm³/mol. The van der Waals surface area contributed by atoms with Gasteiger partial charge in [-0.25, -0.2) is 9.59 Å². The lowest BCUT2D eigenvalue weighted by atomic mass is 9.93. The summed E-state index contributed by atoms with van der Waals surface area (Å²) >= 11 is 0. The van der Waals surface area contributed by atoms with E-state index in [9.17, 15) is 14.4 Å². The minimum atomic E-state index is -0.917. The number of benzene rings is 2. The van der Waals surface area contributed by atoms with Crippen LogP contribution in [-0.4, -0.2) is 29.4 Å². The second kappa shape index (κ2) is 8.60. The first-order valence-corrected chi connectivity index (χ1v) is 9.24. The van der Waals surface area contributed by atoms with Gasteiger partial charge in [-0.05, 0) is 43.7 Å². The molecule has 1 aliphatic rings. The molecule has 3 amide bonds. The predicted octanol–water partition coefficient (Wildman–Crippen LogP) is 3.93. The molecule has 150 valence electrons. The van der Waals surface area contributed by atoms with Crippen molar-refractivity contribution in [1.29, 1.82) is 0 Å². The van der Waals surface area contributed by atoms with Gasteiger partial charge in [0, 0.05) is 12.6 Å². The number of nitrogens with one attached hydrogen (secondary N) is 1. The molecule has 7 nitrogen and oxygen atoms in total. The summed E-state index contributed by atoms with van der Waals surface area (Å²) in [7, 11) is 0. The number of allylic oxidation sites excluding steroid dienone is 1. The molecule has 0 fully saturated rings. The standard InChI is InChI=1S/C22H22N2O5/c1-4-28-21(26)19-14(2)23-22(27)24(15(3)25)20(19)16-9-8-12-18(13-16)29-17-10-6-5-7-11-17/h5-13,20H,4H2,1-3H3,(H,23,27)/t20-/m1/s1. The van der Waals surface area contributed by atoms with Crippen molar-refractivity contribution in [2.75, 3.05) is 6.61 Å². The van der Waals surface area contributed by atoms with E-state index in [1.54, 1.807) is 38.1 Å². The van der Waals surface area contributed by atoms with Gasteiger partial charge in [-0.2, -0.15) is 0 Å². The summed E-state index contributed by atoms with van der Waals surface area (Å²) in [5.74, 6) is 0.0858. The Labute approximate surface area is 168 Å². The quantitative estimate of drug-likeness (QED) is 0.777. The fourth-order valence-electron chi connectivity index (χ4n) is 3.23. The number of para-hydroxylation sites is 1. The van der Waals surface area contributed by atoms with E-state index in [2.05, 4.69) is 5.32 Å². The first-order chi connectivity index (χ1) is 13.9. The summed E-state index contributed by atoms with van der Waals surface area (Å²) in [5.41, 5.74) is 1.12. The number of carbonyl (C=O) groups excluding carboxylic acids is 3. The SMILES string of the molecule is CCOC(=O)C1=C(C)NC(=O)N(C(C)=O)[C@@H]1c1cccc(Oc2ccccc2)c1. The van der Waals surface area contributed by atoms with E-state index >= 15 is 0 Å². The van der Waals surface area contributed by atoms with E-state index in [0.717, 1.165) is 4.90 Å². The zero-order valence-electron chi connectivity index (χ0n) is 16.5. The third-order valence-corrected chi connectivity index (χ3v) is 4.44. The Hall–Kier alpha value is -3.61. The number of ether oxygens (including phenoxy) is 2. The number of nitrogens with zero attached hydrogens (tertiary/aromatic N) is 1. The number of rotatable bonds is 5. The molecular weight excluding hydrogens is 372 g/mol. The van der Waals surface area contributed by atoms with E-state index in [4.69, 9.17) is 9.47 Å². The van der Waals surface area contributed by atoms with Gasteiger partial charge >= 0.3 is 12.0 Å². The van der Waals surface area contributed by atoms with Crippen molar-refractivity contribution in [3.8, 4) is 11.5 Å². The molecule has 1 atom stereocenters. The highest BCUT2D eigenvalue weighted by Crippen LogP contribution is 2.36. The molecule has 7 heteroatoms. The van der Waals surface area contributed by atoms with Crippen molar-refractivity contribution < 1.29 is 23.9 Å². The molecule has 0 unspecified atom stereocenters. The summed E-state index contributed by atoms with van der Waals surface area (Å²) in [5, 5.41) is 2.57. The van der Waals surface area contributed by atoms with Gasteiger partial charge < -0.3 is 14.8 Å². The Kier molecular flexibility index (Phi) is 5.97. The number of esters is 1. The summed E-state index contributed by atoms with van der Waals surface area (Å²) in [6.45, 7) is 4.76. The van der Waals surface area contributed by atoms with Gasteiger partial charge in [-0.3, -0.25) is 9.69 Å². The molecule has 0 radical (unpaired) electrons. The van der Waals surface area contributed by atoms with E-state index < -0.39 is 23.9 Å². The normalized spacial score (nSPS) is 16.3. The second-order valence-electron chi connectivity index (χ2n) is 6.47. The second-order valence-corrected chi connectivity index (χ2v) is 6.47. The van der Waals surface area contributed by atoms with Crippen LogP contribution in [0, 0.1) is 0 Å². The Morgan fingerprint density at radius 3 is 2.41 bits per heavy atom. The molecule has 29 heavy (non-hydrogen) atoms. The largest absolute Gasteiger partial charge is 0.463 e. The molecule has 0 aromatic heterocycles. The number of hydrogen-bond acceptors (Lipinski definition) is 5. The summed E-state index contributed by atoms with van der Waals surface area (Å²) < 4.78 is 11.0. The van der Waals surface area contributed by atoms with Crippen LogP contribution in [0.25, 0.3) is 0 Å². The summed E-state index contributed by atoms with van der Waals surface area (Å²) in [4.78, 5) is 38.4. The van der Waals surface area contributed by atoms with Gasteiger partial charge in [0.15, 0.2) is 0 Å². The van der Waals surface area contributed by atoms with Crippen LogP contribution >= 0.6 is 0 Å². The van der Waals surface area contributed by atoms with Crippen LogP contribution in [0.15, 0.2) is 65.9 Å². The van der Waals surface area contributed by atoms with Crippen molar-refractivity contribution in [2.45, 2.75) is 26.8 Å². The first kappa shape index (κ1) is 20.1. The molecule has 0 saturated heterocycles. The van der Waals surface area contributed by atoms with Crippen LogP contribution in [0.2, 0.25) is 0 Å². The Bertz CT molecular complexity index is 968. The van der Waals surface area contributed by atoms with Gasteiger partial charge in [0.05, 0.1) is 12.2 Å². The van der Waals surface area contributed by atoms with Crippen molar-refractivity contribution >= 4 is 17.9 Å². The number of hydrogen-bond donors (Lipinski definition) is 1. The lowest BCUT2D eigenvalue weighted by molar-refractivity contribution is -0.139. The number of urea groups is 1. The third-order valence-electron chi connectivity index (χ3n) is 4.44. The van der Waals surface area contributed by atoms with Gasteiger partial charge in [0.25, 0.3) is 0 Å². The Morgan fingerprint density at radius 2 is 1.76 bits per heavy atom. The van der Waals surface area contributed by atoms with Crippen LogP contribution in [0.5, 0.6) is 11.5 Å². The molecule has 1 N–H and O–H groups in total. The number of amides is 3. The summed E-state index contributed by atoms with van der Waals surface area (Å²) in [6, 6.07) is 14.7. The lowest BCUT2D eigenvalue weighted by Crippen LogP contribution is -2.50. The summed E-state index contributed by atoms with van der Waals surface area (Å²) in [6.07, 6.45) is 0. The zero-order chi connectivity index (χ0) is 21.0. The Balaban J connectivity index is 2.06. The molecule has 0 aliphatic carbocycles. The van der Waals surface area contributed by atoms with Gasteiger partial charge in [0.2, 0.25) is 5.91 Å². The fourth-order valence-corrected chi connectivity index (χ4v) is 3.23. The maximum Gasteiger partial charge on any atom is 0.338 e. The maximum atomic E-state index is 12.6. The topological polar surface area (TPSA) is 84.9 Å². The molecule has 0 spiro atoms. The highest BCUT2D eigenvalue weighted by molar-refractivity contribution is 6.01. The van der Waals surface area contributed by atoms with E-state index in [1.807, 2.05) is 30.3 Å². The molecule has 0 saturated carbocycles. The van der Waals surface area contributed by atoms with Crippen LogP contribution in [0.3, 0.4) is 0 Å². The molecule has 3 rings (SSSR count). The average Bonchev–Trinajstić information content (AvgIpc) is 2.68. The van der Waals surface area contributed by atoms with E-state index in [0.29, 0.717) is 22.8 Å². The zero-order valence-corrected chi connectivity index (χ0v) is 16.5. The number of carbonyl (C=O) groups is 3. The highest BCUT2D eigenvalue weighted by atomic mass is 16.5. The van der Waals surface area contributed by atoms with Crippen molar-refractivity contribution in [3.05, 3.63) is 71.4 Å². The highest BCUT2D eigenvalue weighted by Gasteiger charge is 2.40. The van der Waals surface area contributed by atoms with Crippen LogP contribution < -0.4 is 10.1 Å². The van der Waals surface area contributed by atoms with Crippen molar-refractivity contribution in [3.63, 3.8) is 0 Å². The van der Waals surface area contributed by atoms with Gasteiger partial charge in [-0.1, -0.05) is 30.3 Å². The fraction of sp³-hybridized carbons (Fsp3) is 0.227. The van der Waals surface area contributed by atoms with Crippen molar-refractivity contribution in [2.24, 2.45) is 0 Å². The van der Waals surface area contributed by atoms with Gasteiger partial charge in [0.1, 0.15) is 17.5 Å². The minimum absolute atomic E-state index is 0.174. The van der Waals surface area contributed by atoms with Crippen LogP contribution in [0.1, 0.15) is 32.4 Å². The minimum Gasteiger partial charge on any atom is -0.463 e. The molecule has 1 heterocycles. The molecule has 2 aromatic rings. The maximum absolute atomic E-state index is 12.6. The van der Waals surface area contributed by atoms with Crippen molar-refractivity contribution in [1.82, 2.24) is 10.2 Å². The van der Waals surface area contributed by atoms with Crippen LogP contribution in [-0.2, 0) is 14.3 Å². The lowest BCUT2D eigenvalue weighted by Gasteiger charge is -2.35. The Morgan fingerprint density at radius 1 is 1.07 bits per heavy atom. The average molecular weight is 394 g/mol. The molecular formula is C22H22N2O5. The molecule has 1 aliphatic heterocycles. The van der Waals surface area contributed by atoms with Gasteiger partial charge in [-0.15, -0.1) is 0 Å². The third kappa shape index (κ3) is 4.29. The van der Waals surface area contributed by atoms with E-state index in [1.165, 1.54) is 6.92 Å². The van der Waals surface area contributed by atoms with E-state index in [-0.39, 0.29) is 12.2 Å². The number of imide groups is 1. The monoisotopic (exact) mass is 394 g/mol. The first-order valence-electron chi connectivity index (χ1n) is 9.24.